The van der Waals surface area contributed by atoms with Crippen LogP contribution in [0.25, 0.3) is 11.4 Å². The Hall–Kier alpha value is -1.88. The first kappa shape index (κ1) is 12.2. The molecule has 1 aliphatic rings. The number of aliphatic hydroxyl groups is 1. The lowest BCUT2D eigenvalue weighted by Gasteiger charge is -2.29. The first-order valence-electron chi connectivity index (χ1n) is 6.62. The average molecular weight is 259 g/mol. The Balaban J connectivity index is 1.78. The van der Waals surface area contributed by atoms with E-state index < -0.39 is 0 Å². The van der Waals surface area contributed by atoms with Crippen LogP contribution in [-0.2, 0) is 0 Å². The van der Waals surface area contributed by atoms with Crippen molar-refractivity contribution in [1.82, 2.24) is 10.1 Å². The van der Waals surface area contributed by atoms with E-state index in [2.05, 4.69) is 15.0 Å². The van der Waals surface area contributed by atoms with Crippen molar-refractivity contribution in [2.45, 2.75) is 12.8 Å². The maximum absolute atomic E-state index is 9.25. The molecular formula is C14H17N3O2. The smallest absolute Gasteiger partial charge is 0.324 e. The Bertz CT molecular complexity index is 526. The molecule has 0 spiro atoms. The molecule has 1 N–H and O–H groups in total. The number of aromatic nitrogens is 2. The molecular weight excluding hydrogens is 242 g/mol. The number of nitrogens with zero attached hydrogens (tertiary/aromatic N) is 3. The maximum atomic E-state index is 9.25. The van der Waals surface area contributed by atoms with Gasteiger partial charge in [0.25, 0.3) is 0 Å². The van der Waals surface area contributed by atoms with Crippen molar-refractivity contribution in [2.75, 3.05) is 24.6 Å². The summed E-state index contributed by atoms with van der Waals surface area (Å²) < 4.78 is 5.33. The van der Waals surface area contributed by atoms with E-state index in [-0.39, 0.29) is 6.61 Å². The Morgan fingerprint density at radius 1 is 1.32 bits per heavy atom. The van der Waals surface area contributed by atoms with E-state index in [1.54, 1.807) is 0 Å². The van der Waals surface area contributed by atoms with Crippen molar-refractivity contribution in [2.24, 2.45) is 5.92 Å². The van der Waals surface area contributed by atoms with Crippen LogP contribution < -0.4 is 4.90 Å². The zero-order valence-corrected chi connectivity index (χ0v) is 10.7. The molecule has 19 heavy (non-hydrogen) atoms. The van der Waals surface area contributed by atoms with Gasteiger partial charge in [0.05, 0.1) is 0 Å². The monoisotopic (exact) mass is 259 g/mol. The fourth-order valence-electron chi connectivity index (χ4n) is 2.44. The largest absolute Gasteiger partial charge is 0.396 e. The fraction of sp³-hybridized carbons (Fsp3) is 0.429. The van der Waals surface area contributed by atoms with Gasteiger partial charge in [0.15, 0.2) is 0 Å². The summed E-state index contributed by atoms with van der Waals surface area (Å²) in [5, 5.41) is 13.3. The van der Waals surface area contributed by atoms with Gasteiger partial charge < -0.3 is 14.5 Å². The standard InChI is InChI=1S/C14H17N3O2/c18-10-11-5-4-8-17(9-11)14-15-13(16-19-14)12-6-2-1-3-7-12/h1-3,6-7,11,18H,4-5,8-10H2/t11-/m1/s1. The molecule has 1 aromatic heterocycles. The maximum Gasteiger partial charge on any atom is 0.324 e. The fourth-order valence-corrected chi connectivity index (χ4v) is 2.44. The van der Waals surface area contributed by atoms with E-state index in [1.807, 2.05) is 30.3 Å². The molecule has 100 valence electrons. The number of rotatable bonds is 3. The predicted octanol–water partition coefficient (Wildman–Crippen LogP) is 1.95. The Labute approximate surface area is 111 Å². The van der Waals surface area contributed by atoms with Gasteiger partial charge in [-0.15, -0.1) is 0 Å². The summed E-state index contributed by atoms with van der Waals surface area (Å²) >= 11 is 0. The molecule has 1 fully saturated rings. The Kier molecular flexibility index (Phi) is 3.46. The third-order valence-corrected chi connectivity index (χ3v) is 3.50. The summed E-state index contributed by atoms with van der Waals surface area (Å²) in [7, 11) is 0. The molecule has 0 saturated carbocycles. The van der Waals surface area contributed by atoms with Gasteiger partial charge in [-0.3, -0.25) is 0 Å². The highest BCUT2D eigenvalue weighted by Gasteiger charge is 2.23. The second kappa shape index (κ2) is 5.40. The first-order valence-corrected chi connectivity index (χ1v) is 6.62. The van der Waals surface area contributed by atoms with Crippen LogP contribution in [0.2, 0.25) is 0 Å². The second-order valence-electron chi connectivity index (χ2n) is 4.90. The van der Waals surface area contributed by atoms with Gasteiger partial charge in [-0.25, -0.2) is 0 Å². The number of hydrogen-bond donors (Lipinski definition) is 1. The third kappa shape index (κ3) is 2.61. The van der Waals surface area contributed by atoms with Crippen molar-refractivity contribution >= 4 is 6.01 Å². The van der Waals surface area contributed by atoms with E-state index in [0.717, 1.165) is 31.5 Å². The van der Waals surface area contributed by atoms with Crippen LogP contribution in [0.5, 0.6) is 0 Å². The van der Waals surface area contributed by atoms with Crippen LogP contribution >= 0.6 is 0 Å². The van der Waals surface area contributed by atoms with Crippen molar-refractivity contribution in [3.8, 4) is 11.4 Å². The van der Waals surface area contributed by atoms with Crippen LogP contribution in [0.3, 0.4) is 0 Å². The minimum atomic E-state index is 0.218. The van der Waals surface area contributed by atoms with Gasteiger partial charge >= 0.3 is 6.01 Å². The molecule has 0 amide bonds. The summed E-state index contributed by atoms with van der Waals surface area (Å²) in [6, 6.07) is 10.3. The number of aliphatic hydroxyl groups excluding tert-OH is 1. The summed E-state index contributed by atoms with van der Waals surface area (Å²) in [6.07, 6.45) is 2.11. The van der Waals surface area contributed by atoms with Gasteiger partial charge in [0.1, 0.15) is 0 Å². The molecule has 5 nitrogen and oxygen atoms in total. The lowest BCUT2D eigenvalue weighted by Crippen LogP contribution is -2.36. The van der Waals surface area contributed by atoms with Crippen molar-refractivity contribution in [3.63, 3.8) is 0 Å². The van der Waals surface area contributed by atoms with E-state index in [1.165, 1.54) is 0 Å². The summed E-state index contributed by atoms with van der Waals surface area (Å²) in [4.78, 5) is 6.50. The Morgan fingerprint density at radius 2 is 2.16 bits per heavy atom. The van der Waals surface area contributed by atoms with E-state index in [9.17, 15) is 5.11 Å². The quantitative estimate of drug-likeness (QED) is 0.912. The van der Waals surface area contributed by atoms with Crippen molar-refractivity contribution in [3.05, 3.63) is 30.3 Å². The Morgan fingerprint density at radius 3 is 2.95 bits per heavy atom. The minimum absolute atomic E-state index is 0.218. The molecule has 0 aliphatic carbocycles. The lowest BCUT2D eigenvalue weighted by molar-refractivity contribution is 0.205. The SMILES string of the molecule is OC[C@@H]1CCCN(c2nc(-c3ccccc3)no2)C1. The average Bonchev–Trinajstić information content (AvgIpc) is 2.98. The highest BCUT2D eigenvalue weighted by atomic mass is 16.5. The van der Waals surface area contributed by atoms with Crippen LogP contribution in [0.4, 0.5) is 6.01 Å². The summed E-state index contributed by atoms with van der Waals surface area (Å²) in [5.74, 6) is 0.919. The van der Waals surface area contributed by atoms with E-state index in [0.29, 0.717) is 17.8 Å². The molecule has 2 aromatic rings. The summed E-state index contributed by atoms with van der Waals surface area (Å²) in [5.41, 5.74) is 0.952. The van der Waals surface area contributed by atoms with E-state index >= 15 is 0 Å². The van der Waals surface area contributed by atoms with Crippen LogP contribution in [0, 0.1) is 5.92 Å². The number of anilines is 1. The molecule has 5 heteroatoms. The topological polar surface area (TPSA) is 62.4 Å². The lowest BCUT2D eigenvalue weighted by atomic mass is 9.99. The normalized spacial score (nSPS) is 19.6. The van der Waals surface area contributed by atoms with Gasteiger partial charge in [-0.1, -0.05) is 35.5 Å². The number of hydrogen-bond acceptors (Lipinski definition) is 5. The van der Waals surface area contributed by atoms with Gasteiger partial charge in [0, 0.05) is 25.3 Å². The summed E-state index contributed by atoms with van der Waals surface area (Å²) in [6.45, 7) is 1.91. The highest BCUT2D eigenvalue weighted by molar-refractivity contribution is 5.55. The van der Waals surface area contributed by atoms with E-state index in [4.69, 9.17) is 4.52 Å². The van der Waals surface area contributed by atoms with Crippen LogP contribution in [-0.4, -0.2) is 34.9 Å². The van der Waals surface area contributed by atoms with Crippen LogP contribution in [0.15, 0.2) is 34.9 Å². The molecule has 0 bridgehead atoms. The third-order valence-electron chi connectivity index (χ3n) is 3.50. The molecule has 1 aliphatic heterocycles. The van der Waals surface area contributed by atoms with Crippen molar-refractivity contribution < 1.29 is 9.63 Å². The minimum Gasteiger partial charge on any atom is -0.396 e. The van der Waals surface area contributed by atoms with Crippen molar-refractivity contribution in [1.29, 1.82) is 0 Å². The van der Waals surface area contributed by atoms with Gasteiger partial charge in [0.2, 0.25) is 5.82 Å². The van der Waals surface area contributed by atoms with Gasteiger partial charge in [-0.05, 0) is 18.8 Å². The zero-order chi connectivity index (χ0) is 13.1. The number of piperidine rings is 1. The zero-order valence-electron chi connectivity index (χ0n) is 10.7. The molecule has 1 atom stereocenters. The molecule has 2 heterocycles. The van der Waals surface area contributed by atoms with Crippen LogP contribution in [0.1, 0.15) is 12.8 Å². The number of benzene rings is 1. The van der Waals surface area contributed by atoms with Gasteiger partial charge in [-0.2, -0.15) is 4.98 Å². The highest BCUT2D eigenvalue weighted by Crippen LogP contribution is 2.24. The molecule has 0 radical (unpaired) electrons. The molecule has 1 saturated heterocycles. The predicted molar refractivity (Wildman–Crippen MR) is 71.8 cm³/mol. The second-order valence-corrected chi connectivity index (χ2v) is 4.90. The molecule has 0 unspecified atom stereocenters. The molecule has 3 rings (SSSR count). The first-order chi connectivity index (χ1) is 9.36. The molecule has 1 aromatic carbocycles.